The summed E-state index contributed by atoms with van der Waals surface area (Å²) in [5.41, 5.74) is 0. The molecule has 0 amide bonds. The van der Waals surface area contributed by atoms with E-state index in [9.17, 15) is 4.79 Å². The van der Waals surface area contributed by atoms with Crippen molar-refractivity contribution in [1.29, 1.82) is 0 Å². The first-order chi connectivity index (χ1) is 23.2. The van der Waals surface area contributed by atoms with Crippen molar-refractivity contribution in [2.45, 2.75) is 219 Å². The van der Waals surface area contributed by atoms with E-state index < -0.39 is 0 Å². The molecule has 3 unspecified atom stereocenters. The molecule has 47 heavy (non-hydrogen) atoms. The van der Waals surface area contributed by atoms with E-state index in [0.717, 1.165) is 38.6 Å². The Balaban J connectivity index is 4.29. The van der Waals surface area contributed by atoms with E-state index in [1.54, 1.807) is 0 Å². The minimum absolute atomic E-state index is 0.0264. The van der Waals surface area contributed by atoms with Crippen LogP contribution in [0.15, 0.2) is 0 Å². The topological polar surface area (TPSA) is 56.8 Å². The summed E-state index contributed by atoms with van der Waals surface area (Å²) >= 11 is 1.33. The van der Waals surface area contributed by atoms with Crippen LogP contribution in [0.3, 0.4) is 0 Å². The number of hydrogen-bond donors (Lipinski definition) is 1. The normalized spacial score (nSPS) is 13.1. The van der Waals surface area contributed by atoms with Crippen LogP contribution in [0.2, 0.25) is 0 Å². The van der Waals surface area contributed by atoms with Crippen LogP contribution in [0.5, 0.6) is 0 Å². The van der Waals surface area contributed by atoms with E-state index >= 15 is 0 Å². The van der Waals surface area contributed by atoms with Gasteiger partial charge in [-0.1, -0.05) is 176 Å². The molecule has 1 N–H and O–H groups in total. The van der Waals surface area contributed by atoms with Gasteiger partial charge in [0.05, 0.1) is 25.9 Å². The van der Waals surface area contributed by atoms with E-state index in [1.807, 2.05) is 0 Å². The Hall–Kier alpha value is 0.195. The van der Waals surface area contributed by atoms with Gasteiger partial charge in [0, 0.05) is 24.5 Å². The number of esters is 1. The Labute approximate surface area is 301 Å². The number of unbranched alkanes of at least 4 members (excludes halogenated alkanes) is 23. The lowest BCUT2D eigenvalue weighted by atomic mass is 10.1. The number of rotatable bonds is 40. The zero-order valence-electron chi connectivity index (χ0n) is 31.6. The molecular weight excluding hydrogens is 620 g/mol. The van der Waals surface area contributed by atoms with Gasteiger partial charge in [-0.3, -0.25) is 4.79 Å². The van der Waals surface area contributed by atoms with Crippen LogP contribution in [0.25, 0.3) is 0 Å². The summed E-state index contributed by atoms with van der Waals surface area (Å²) in [5.74, 6) is -0.0264. The van der Waals surface area contributed by atoms with E-state index in [0.29, 0.717) is 26.2 Å². The zero-order chi connectivity index (χ0) is 34.3. The van der Waals surface area contributed by atoms with Crippen molar-refractivity contribution in [3.8, 4) is 0 Å². The quantitative estimate of drug-likeness (QED) is 0.0226. The van der Waals surface area contributed by atoms with Crippen molar-refractivity contribution in [3.05, 3.63) is 0 Å². The van der Waals surface area contributed by atoms with E-state index in [-0.39, 0.29) is 25.8 Å². The predicted molar refractivity (Wildman–Crippen MR) is 211 cm³/mol. The zero-order valence-corrected chi connectivity index (χ0v) is 33.4. The molecule has 0 bridgehead atoms. The van der Waals surface area contributed by atoms with Gasteiger partial charge in [-0.2, -0.15) is 0 Å². The second-order valence-corrected chi connectivity index (χ2v) is 15.6. The molecule has 0 aromatic rings. The predicted octanol–water partition coefficient (Wildman–Crippen LogP) is 12.6. The Morgan fingerprint density at radius 1 is 0.617 bits per heavy atom. The summed E-state index contributed by atoms with van der Waals surface area (Å²) in [4.78, 5) is 12.7. The van der Waals surface area contributed by atoms with Crippen LogP contribution in [-0.4, -0.2) is 52.0 Å². The molecule has 278 valence electrons. The highest BCUT2D eigenvalue weighted by Gasteiger charge is 2.16. The first-order valence-electron chi connectivity index (χ1n) is 20.4. The lowest BCUT2D eigenvalue weighted by Crippen LogP contribution is -2.38. The Morgan fingerprint density at radius 3 is 1.60 bits per heavy atom. The van der Waals surface area contributed by atoms with Crippen LogP contribution in [0.4, 0.5) is 0 Å². The van der Waals surface area contributed by atoms with Gasteiger partial charge in [0.15, 0.2) is 0 Å². The van der Waals surface area contributed by atoms with Crippen molar-refractivity contribution in [2.75, 3.05) is 26.4 Å². The molecular formula is C39H79BNO4PS. The third-order valence-corrected chi connectivity index (χ3v) is 10.1. The fraction of sp³-hybridized carbons (Fsp3) is 0.974. The van der Waals surface area contributed by atoms with Crippen molar-refractivity contribution in [3.63, 3.8) is 0 Å². The molecule has 3 atom stereocenters. The summed E-state index contributed by atoms with van der Waals surface area (Å²) in [6.45, 7) is 9.57. The molecule has 0 aliphatic carbocycles. The lowest BCUT2D eigenvalue weighted by Gasteiger charge is -2.21. The second kappa shape index (κ2) is 40.6. The van der Waals surface area contributed by atoms with Crippen LogP contribution in [-0.2, 0) is 18.5 Å². The molecule has 0 rings (SSSR count). The van der Waals surface area contributed by atoms with Crippen LogP contribution < -0.4 is 5.32 Å². The maximum atomic E-state index is 12.7. The molecule has 5 nitrogen and oxygen atoms in total. The Morgan fingerprint density at radius 2 is 1.09 bits per heavy atom. The molecule has 0 spiro atoms. The van der Waals surface area contributed by atoms with E-state index in [2.05, 4.69) is 26.1 Å². The highest BCUT2D eigenvalue weighted by Crippen LogP contribution is 2.24. The number of hydrogen-bond acceptors (Lipinski definition) is 6. The summed E-state index contributed by atoms with van der Waals surface area (Å²) < 4.78 is 17.8. The average Bonchev–Trinajstić information content (AvgIpc) is 3.07. The molecule has 0 aromatic carbocycles. The van der Waals surface area contributed by atoms with Gasteiger partial charge in [-0.25, -0.2) is 0 Å². The highest BCUT2D eigenvalue weighted by molar-refractivity contribution is 8.53. The first kappa shape index (κ1) is 47.2. The van der Waals surface area contributed by atoms with Gasteiger partial charge in [0.2, 0.25) is 0 Å². The molecule has 0 saturated carbocycles. The number of nitrogens with one attached hydrogen (secondary N) is 1. The Bertz CT molecular complexity index is 622. The summed E-state index contributed by atoms with van der Waals surface area (Å²) in [6, 6.07) is 0.147. The van der Waals surface area contributed by atoms with Crippen molar-refractivity contribution < 1.29 is 18.5 Å². The van der Waals surface area contributed by atoms with Gasteiger partial charge >= 0.3 is 5.97 Å². The molecule has 2 radical (unpaired) electrons. The van der Waals surface area contributed by atoms with Crippen molar-refractivity contribution in [1.82, 2.24) is 5.32 Å². The van der Waals surface area contributed by atoms with Gasteiger partial charge in [-0.15, -0.1) is 0 Å². The standard InChI is InChI=1S/C39H79BNO4PS/c1-4-7-10-13-15-17-18-19-21-23-26-29-33-41-37(36-44-47-46-40)35-43-34-32-38(30-27-24-12-9-6-3)45-39(42)31-28-25-22-20-16-14-11-8-5-2/h37-38,41,46H,4-36H2,1-3H3. The minimum atomic E-state index is -0.0413. The van der Waals surface area contributed by atoms with Crippen molar-refractivity contribution in [2.24, 2.45) is 0 Å². The maximum Gasteiger partial charge on any atom is 0.306 e. The largest absolute Gasteiger partial charge is 0.462 e. The number of ether oxygens (including phenoxy) is 2. The SMILES string of the molecule is [B]PSOCC(COCCC(CCCCCCC)OC(=O)CCCCCCCCCCC)NCCCCCCCCCCCCCC. The van der Waals surface area contributed by atoms with Crippen molar-refractivity contribution >= 4 is 32.9 Å². The van der Waals surface area contributed by atoms with Crippen LogP contribution >= 0.6 is 19.3 Å². The number of carbonyl (C=O) groups is 1. The van der Waals surface area contributed by atoms with E-state index in [1.165, 1.54) is 159 Å². The molecule has 0 aliphatic heterocycles. The van der Waals surface area contributed by atoms with Gasteiger partial charge in [-0.05, 0) is 32.2 Å². The second-order valence-electron chi connectivity index (χ2n) is 13.8. The fourth-order valence-corrected chi connectivity index (χ4v) is 6.80. The molecule has 0 heterocycles. The smallest absolute Gasteiger partial charge is 0.306 e. The third-order valence-electron chi connectivity index (χ3n) is 9.16. The maximum absolute atomic E-state index is 12.7. The number of carbonyl (C=O) groups excluding carboxylic acids is 1. The lowest BCUT2D eigenvalue weighted by molar-refractivity contribution is -0.150. The van der Waals surface area contributed by atoms with Gasteiger partial charge in [0.1, 0.15) is 13.7 Å². The van der Waals surface area contributed by atoms with Crippen LogP contribution in [0.1, 0.15) is 207 Å². The van der Waals surface area contributed by atoms with Gasteiger partial charge < -0.3 is 19.0 Å². The highest BCUT2D eigenvalue weighted by atomic mass is 32.7. The minimum Gasteiger partial charge on any atom is -0.462 e. The third kappa shape index (κ3) is 37.3. The monoisotopic (exact) mass is 700 g/mol. The fourth-order valence-electron chi connectivity index (χ4n) is 6.09. The first-order valence-corrected chi connectivity index (χ1v) is 23.0. The average molecular weight is 700 g/mol. The van der Waals surface area contributed by atoms with E-state index in [4.69, 9.17) is 21.2 Å². The Kier molecular flexibility index (Phi) is 40.8. The van der Waals surface area contributed by atoms with Gasteiger partial charge in [0.25, 0.3) is 0 Å². The molecule has 0 saturated heterocycles. The molecule has 8 heteroatoms. The molecule has 0 fully saturated rings. The summed E-state index contributed by atoms with van der Waals surface area (Å²) in [5, 5.41) is 3.65. The summed E-state index contributed by atoms with van der Waals surface area (Å²) in [7, 11) is 5.88. The molecule has 0 aromatic heterocycles. The van der Waals surface area contributed by atoms with Crippen LogP contribution in [0, 0.1) is 0 Å². The summed E-state index contributed by atoms with van der Waals surface area (Å²) in [6.07, 6.45) is 36.0. The molecule has 0 aliphatic rings.